The van der Waals surface area contributed by atoms with Gasteiger partial charge in [-0.1, -0.05) is 30.4 Å². The summed E-state index contributed by atoms with van der Waals surface area (Å²) in [5, 5.41) is 14.8. The van der Waals surface area contributed by atoms with Crippen LogP contribution in [0.4, 0.5) is 0 Å². The zero-order valence-corrected chi connectivity index (χ0v) is 13.3. The van der Waals surface area contributed by atoms with Crippen LogP contribution in [0.1, 0.15) is 12.5 Å². The Morgan fingerprint density at radius 1 is 1.13 bits per heavy atom. The molecule has 0 atom stereocenters. The number of para-hydroxylation sites is 1. The Kier molecular flexibility index (Phi) is 10.6. The standard InChI is InChI=1S/C15H21NO.C2H2O4/c1-4-11-16(12-5-2)13-14-9-7-8-10-15(14)17-6-3;3-1(4)2(5)6/h4-5,7-10H,1-2,6,11-13H2,3H3;(H,3,4)(H,5,6). The number of hydrogen-bond donors (Lipinski definition) is 2. The van der Waals surface area contributed by atoms with Crippen LogP contribution in [0.15, 0.2) is 49.6 Å². The fourth-order valence-electron chi connectivity index (χ4n) is 1.74. The van der Waals surface area contributed by atoms with Gasteiger partial charge in [0.25, 0.3) is 0 Å². The molecular weight excluding hydrogens is 298 g/mol. The molecule has 1 aromatic carbocycles. The van der Waals surface area contributed by atoms with Gasteiger partial charge in [-0.05, 0) is 13.0 Å². The smallest absolute Gasteiger partial charge is 0.414 e. The summed E-state index contributed by atoms with van der Waals surface area (Å²) in [4.78, 5) is 20.5. The molecule has 126 valence electrons. The molecule has 0 amide bonds. The van der Waals surface area contributed by atoms with Gasteiger partial charge in [0.15, 0.2) is 0 Å². The van der Waals surface area contributed by atoms with Crippen LogP contribution in [0.2, 0.25) is 0 Å². The van der Waals surface area contributed by atoms with Crippen LogP contribution in [0.25, 0.3) is 0 Å². The third-order valence-corrected chi connectivity index (χ3v) is 2.62. The summed E-state index contributed by atoms with van der Waals surface area (Å²) in [6.45, 7) is 12.8. The highest BCUT2D eigenvalue weighted by atomic mass is 16.5. The fraction of sp³-hybridized carbons (Fsp3) is 0.294. The molecule has 1 aromatic rings. The molecule has 2 N–H and O–H groups in total. The average Bonchev–Trinajstić information content (AvgIpc) is 2.50. The van der Waals surface area contributed by atoms with Gasteiger partial charge in [0.2, 0.25) is 0 Å². The minimum atomic E-state index is -1.82. The third kappa shape index (κ3) is 9.10. The number of carboxylic acids is 2. The van der Waals surface area contributed by atoms with E-state index in [1.165, 1.54) is 5.56 Å². The zero-order valence-electron chi connectivity index (χ0n) is 13.3. The normalized spacial score (nSPS) is 9.48. The van der Waals surface area contributed by atoms with Gasteiger partial charge in [0.1, 0.15) is 5.75 Å². The Hall–Kier alpha value is -2.60. The molecule has 0 aliphatic rings. The summed E-state index contributed by atoms with van der Waals surface area (Å²) in [6, 6.07) is 8.15. The summed E-state index contributed by atoms with van der Waals surface area (Å²) in [5.74, 6) is -2.68. The molecule has 0 heterocycles. The van der Waals surface area contributed by atoms with Crippen molar-refractivity contribution in [2.75, 3.05) is 19.7 Å². The van der Waals surface area contributed by atoms with E-state index in [4.69, 9.17) is 24.5 Å². The maximum absolute atomic E-state index is 9.10. The molecule has 1 rings (SSSR count). The van der Waals surface area contributed by atoms with Crippen LogP contribution in [-0.2, 0) is 16.1 Å². The van der Waals surface area contributed by atoms with Crippen molar-refractivity contribution in [2.24, 2.45) is 0 Å². The Morgan fingerprint density at radius 2 is 1.65 bits per heavy atom. The highest BCUT2D eigenvalue weighted by molar-refractivity contribution is 6.27. The number of carboxylic acid groups (broad SMARTS) is 2. The van der Waals surface area contributed by atoms with Crippen molar-refractivity contribution >= 4 is 11.9 Å². The molecule has 0 fully saturated rings. The predicted molar refractivity (Wildman–Crippen MR) is 88.6 cm³/mol. The number of ether oxygens (including phenoxy) is 1. The molecule has 6 heteroatoms. The van der Waals surface area contributed by atoms with E-state index < -0.39 is 11.9 Å². The van der Waals surface area contributed by atoms with Crippen LogP contribution in [0.5, 0.6) is 5.75 Å². The number of carbonyl (C=O) groups is 2. The lowest BCUT2D eigenvalue weighted by Crippen LogP contribution is -2.23. The van der Waals surface area contributed by atoms with Crippen LogP contribution in [-0.4, -0.2) is 46.7 Å². The van der Waals surface area contributed by atoms with E-state index in [2.05, 4.69) is 24.1 Å². The zero-order chi connectivity index (χ0) is 17.7. The summed E-state index contributed by atoms with van der Waals surface area (Å²) >= 11 is 0. The minimum Gasteiger partial charge on any atom is -0.494 e. The van der Waals surface area contributed by atoms with Crippen molar-refractivity contribution in [3.05, 3.63) is 55.1 Å². The van der Waals surface area contributed by atoms with Gasteiger partial charge in [-0.25, -0.2) is 9.59 Å². The Labute approximate surface area is 136 Å². The molecule has 0 aliphatic carbocycles. The number of aliphatic carboxylic acids is 2. The molecule has 23 heavy (non-hydrogen) atoms. The van der Waals surface area contributed by atoms with Crippen molar-refractivity contribution in [1.29, 1.82) is 0 Å². The average molecular weight is 321 g/mol. The van der Waals surface area contributed by atoms with Gasteiger partial charge in [-0.15, -0.1) is 13.2 Å². The van der Waals surface area contributed by atoms with E-state index in [0.717, 1.165) is 25.4 Å². The van der Waals surface area contributed by atoms with Gasteiger partial charge in [0, 0.05) is 25.2 Å². The quantitative estimate of drug-likeness (QED) is 0.565. The van der Waals surface area contributed by atoms with E-state index in [0.29, 0.717) is 6.61 Å². The van der Waals surface area contributed by atoms with Crippen molar-refractivity contribution < 1.29 is 24.5 Å². The molecule has 0 aliphatic heterocycles. The Morgan fingerprint density at radius 3 is 2.09 bits per heavy atom. The predicted octanol–water partition coefficient (Wildman–Crippen LogP) is 2.41. The highest BCUT2D eigenvalue weighted by Crippen LogP contribution is 2.19. The topological polar surface area (TPSA) is 87.1 Å². The van der Waals surface area contributed by atoms with Gasteiger partial charge in [-0.3, -0.25) is 4.90 Å². The van der Waals surface area contributed by atoms with Crippen molar-refractivity contribution in [3.8, 4) is 5.75 Å². The van der Waals surface area contributed by atoms with Crippen LogP contribution < -0.4 is 4.74 Å². The van der Waals surface area contributed by atoms with Gasteiger partial charge >= 0.3 is 11.9 Å². The fourth-order valence-corrected chi connectivity index (χ4v) is 1.74. The second-order valence-corrected chi connectivity index (χ2v) is 4.42. The van der Waals surface area contributed by atoms with Gasteiger partial charge in [-0.2, -0.15) is 0 Å². The van der Waals surface area contributed by atoms with E-state index in [9.17, 15) is 0 Å². The third-order valence-electron chi connectivity index (χ3n) is 2.62. The van der Waals surface area contributed by atoms with Crippen LogP contribution in [0, 0.1) is 0 Å². The maximum atomic E-state index is 9.10. The van der Waals surface area contributed by atoms with Crippen LogP contribution in [0.3, 0.4) is 0 Å². The molecule has 0 saturated carbocycles. The van der Waals surface area contributed by atoms with E-state index in [-0.39, 0.29) is 0 Å². The molecule has 0 aromatic heterocycles. The van der Waals surface area contributed by atoms with Crippen molar-refractivity contribution in [2.45, 2.75) is 13.5 Å². The van der Waals surface area contributed by atoms with Gasteiger partial charge < -0.3 is 14.9 Å². The summed E-state index contributed by atoms with van der Waals surface area (Å²) in [7, 11) is 0. The Balaban J connectivity index is 0.000000688. The largest absolute Gasteiger partial charge is 0.494 e. The highest BCUT2D eigenvalue weighted by Gasteiger charge is 2.07. The molecule has 6 nitrogen and oxygen atoms in total. The lowest BCUT2D eigenvalue weighted by atomic mass is 10.2. The number of rotatable bonds is 8. The second-order valence-electron chi connectivity index (χ2n) is 4.42. The van der Waals surface area contributed by atoms with E-state index in [1.807, 2.05) is 37.3 Å². The molecule has 0 bridgehead atoms. The second kappa shape index (κ2) is 12.0. The van der Waals surface area contributed by atoms with Crippen LogP contribution >= 0.6 is 0 Å². The van der Waals surface area contributed by atoms with Gasteiger partial charge in [0.05, 0.1) is 6.61 Å². The lowest BCUT2D eigenvalue weighted by molar-refractivity contribution is -0.159. The minimum absolute atomic E-state index is 0.694. The molecule has 0 unspecified atom stereocenters. The first-order chi connectivity index (χ1) is 11.0. The molecule has 0 radical (unpaired) electrons. The number of hydrogen-bond acceptors (Lipinski definition) is 4. The van der Waals surface area contributed by atoms with Crippen molar-refractivity contribution in [1.82, 2.24) is 4.90 Å². The Bertz CT molecular complexity index is 505. The first-order valence-corrected chi connectivity index (χ1v) is 7.07. The molecular formula is C17H23NO5. The van der Waals surface area contributed by atoms with E-state index in [1.54, 1.807) is 0 Å². The first-order valence-electron chi connectivity index (χ1n) is 7.07. The lowest BCUT2D eigenvalue weighted by Gasteiger charge is -2.20. The SMILES string of the molecule is C=CCN(CC=C)Cc1ccccc1OCC.O=C(O)C(=O)O. The summed E-state index contributed by atoms with van der Waals surface area (Å²) < 4.78 is 5.62. The number of nitrogens with zero attached hydrogens (tertiary/aromatic N) is 1. The van der Waals surface area contributed by atoms with Crippen molar-refractivity contribution in [3.63, 3.8) is 0 Å². The summed E-state index contributed by atoms with van der Waals surface area (Å²) in [6.07, 6.45) is 3.82. The summed E-state index contributed by atoms with van der Waals surface area (Å²) in [5.41, 5.74) is 1.21. The molecule has 0 saturated heterocycles. The monoisotopic (exact) mass is 321 g/mol. The van der Waals surface area contributed by atoms with E-state index >= 15 is 0 Å². The first kappa shape index (κ1) is 20.4. The maximum Gasteiger partial charge on any atom is 0.414 e. The number of benzene rings is 1. The molecule has 0 spiro atoms.